The molecule has 0 aromatic heterocycles. The second kappa shape index (κ2) is 4.58. The summed E-state index contributed by atoms with van der Waals surface area (Å²) in [6.45, 7) is 0.414. The molecule has 0 aliphatic carbocycles. The van der Waals surface area contributed by atoms with Crippen LogP contribution in [0.1, 0.15) is 21.8 Å². The van der Waals surface area contributed by atoms with Crippen LogP contribution in [0.5, 0.6) is 5.75 Å². The average molecular weight is 303 g/mol. The number of rotatable bonds is 1. The molecule has 0 bridgehead atoms. The highest BCUT2D eigenvalue weighted by Crippen LogP contribution is 2.32. The van der Waals surface area contributed by atoms with Gasteiger partial charge >= 0.3 is 0 Å². The number of benzene rings is 2. The van der Waals surface area contributed by atoms with E-state index >= 15 is 0 Å². The molecule has 1 aliphatic heterocycles. The minimum Gasteiger partial charge on any atom is -0.492 e. The summed E-state index contributed by atoms with van der Waals surface area (Å²) in [5.74, 6) is 0.628. The quantitative estimate of drug-likeness (QED) is 0.801. The van der Waals surface area contributed by atoms with Crippen molar-refractivity contribution in [1.29, 1.82) is 0 Å². The lowest BCUT2D eigenvalue weighted by molar-refractivity contribution is 0.0896. The number of para-hydroxylation sites is 1. The number of carbonyl (C=O) groups excluding carboxylic acids is 1. The first kappa shape index (κ1) is 11.5. The fourth-order valence-corrected chi connectivity index (χ4v) is 2.44. The zero-order chi connectivity index (χ0) is 12.5. The van der Waals surface area contributed by atoms with E-state index in [0.29, 0.717) is 17.9 Å². The number of carbonyl (C=O) groups is 1. The van der Waals surface area contributed by atoms with Crippen LogP contribution < -0.4 is 4.74 Å². The van der Waals surface area contributed by atoms with E-state index in [2.05, 4.69) is 15.9 Å². The van der Waals surface area contributed by atoms with Gasteiger partial charge in [-0.15, -0.1) is 0 Å². The van der Waals surface area contributed by atoms with Gasteiger partial charge in [-0.05, 0) is 29.8 Å². The van der Waals surface area contributed by atoms with Gasteiger partial charge in [-0.1, -0.05) is 40.2 Å². The normalized spacial score (nSPS) is 18.1. The molecule has 18 heavy (non-hydrogen) atoms. The molecule has 90 valence electrons. The molecule has 0 N–H and O–H groups in total. The molecule has 1 heterocycles. The molecule has 1 aliphatic rings. The van der Waals surface area contributed by atoms with Gasteiger partial charge in [0.2, 0.25) is 0 Å². The SMILES string of the molecule is O=C1c2ccccc2OCC1c1ccc(Br)cc1. The minimum atomic E-state index is -0.201. The van der Waals surface area contributed by atoms with Crippen molar-refractivity contribution in [3.05, 3.63) is 64.1 Å². The molecule has 0 saturated carbocycles. The molecular formula is C15H11BrO2. The Labute approximate surface area is 114 Å². The molecule has 2 aromatic rings. The number of ketones is 1. The van der Waals surface area contributed by atoms with E-state index in [1.54, 1.807) is 0 Å². The second-order valence-corrected chi connectivity index (χ2v) is 5.19. The summed E-state index contributed by atoms with van der Waals surface area (Å²) in [6.07, 6.45) is 0. The first-order valence-corrected chi connectivity index (χ1v) is 6.56. The van der Waals surface area contributed by atoms with E-state index in [-0.39, 0.29) is 11.7 Å². The Balaban J connectivity index is 1.97. The van der Waals surface area contributed by atoms with E-state index in [1.807, 2.05) is 48.5 Å². The van der Waals surface area contributed by atoms with Crippen LogP contribution in [-0.2, 0) is 0 Å². The van der Waals surface area contributed by atoms with Crippen LogP contribution in [0.15, 0.2) is 53.0 Å². The summed E-state index contributed by atoms with van der Waals surface area (Å²) < 4.78 is 6.67. The molecule has 2 aromatic carbocycles. The van der Waals surface area contributed by atoms with Gasteiger partial charge in [-0.2, -0.15) is 0 Å². The molecule has 1 atom stereocenters. The lowest BCUT2D eigenvalue weighted by Crippen LogP contribution is -2.25. The van der Waals surface area contributed by atoms with Crippen LogP contribution in [0.25, 0.3) is 0 Å². The Morgan fingerprint density at radius 3 is 2.56 bits per heavy atom. The fourth-order valence-electron chi connectivity index (χ4n) is 2.18. The Morgan fingerprint density at radius 2 is 1.78 bits per heavy atom. The van der Waals surface area contributed by atoms with Crippen molar-refractivity contribution < 1.29 is 9.53 Å². The Bertz CT molecular complexity index is 590. The highest BCUT2D eigenvalue weighted by atomic mass is 79.9. The van der Waals surface area contributed by atoms with Crippen LogP contribution in [0.3, 0.4) is 0 Å². The Kier molecular flexibility index (Phi) is 2.92. The number of ether oxygens (including phenoxy) is 1. The van der Waals surface area contributed by atoms with Gasteiger partial charge in [0.15, 0.2) is 5.78 Å². The van der Waals surface area contributed by atoms with Crippen LogP contribution in [0, 0.1) is 0 Å². The van der Waals surface area contributed by atoms with Crippen molar-refractivity contribution >= 4 is 21.7 Å². The van der Waals surface area contributed by atoms with Crippen LogP contribution in [0.2, 0.25) is 0 Å². The summed E-state index contributed by atoms with van der Waals surface area (Å²) in [7, 11) is 0. The van der Waals surface area contributed by atoms with Crippen LogP contribution in [0.4, 0.5) is 0 Å². The third kappa shape index (κ3) is 1.95. The standard InChI is InChI=1S/C15H11BrO2/c16-11-7-5-10(6-8-11)13-9-18-14-4-2-1-3-12(14)15(13)17/h1-8,13H,9H2. The maximum absolute atomic E-state index is 12.4. The van der Waals surface area contributed by atoms with Crippen molar-refractivity contribution in [3.63, 3.8) is 0 Å². The number of fused-ring (bicyclic) bond motifs is 1. The summed E-state index contributed by atoms with van der Waals surface area (Å²) >= 11 is 3.39. The van der Waals surface area contributed by atoms with Crippen molar-refractivity contribution in [2.75, 3.05) is 6.61 Å². The first-order chi connectivity index (χ1) is 8.75. The summed E-state index contributed by atoms with van der Waals surface area (Å²) in [6, 6.07) is 15.2. The maximum Gasteiger partial charge on any atom is 0.177 e. The molecular weight excluding hydrogens is 292 g/mol. The van der Waals surface area contributed by atoms with Crippen LogP contribution in [-0.4, -0.2) is 12.4 Å². The molecule has 0 saturated heterocycles. The van der Waals surface area contributed by atoms with Crippen LogP contribution >= 0.6 is 15.9 Å². The maximum atomic E-state index is 12.4. The monoisotopic (exact) mass is 302 g/mol. The van der Waals surface area contributed by atoms with Gasteiger partial charge in [0.05, 0.1) is 11.5 Å². The van der Waals surface area contributed by atoms with Crippen molar-refractivity contribution in [3.8, 4) is 5.75 Å². The topological polar surface area (TPSA) is 26.3 Å². The highest BCUT2D eigenvalue weighted by Gasteiger charge is 2.29. The number of halogens is 1. The van der Waals surface area contributed by atoms with E-state index in [9.17, 15) is 4.79 Å². The lowest BCUT2D eigenvalue weighted by Gasteiger charge is -2.24. The van der Waals surface area contributed by atoms with Crippen molar-refractivity contribution in [1.82, 2.24) is 0 Å². The molecule has 3 heteroatoms. The number of Topliss-reactive ketones (excluding diaryl/α,β-unsaturated/α-hetero) is 1. The molecule has 0 amide bonds. The minimum absolute atomic E-state index is 0.138. The first-order valence-electron chi connectivity index (χ1n) is 5.77. The summed E-state index contributed by atoms with van der Waals surface area (Å²) in [5.41, 5.74) is 1.68. The van der Waals surface area contributed by atoms with Gasteiger partial charge in [-0.3, -0.25) is 4.79 Å². The predicted octanol–water partition coefficient (Wildman–Crippen LogP) is 3.81. The molecule has 1 unspecified atom stereocenters. The summed E-state index contributed by atoms with van der Waals surface area (Å²) in [5, 5.41) is 0. The predicted molar refractivity (Wildman–Crippen MR) is 73.2 cm³/mol. The lowest BCUT2D eigenvalue weighted by atomic mass is 9.89. The molecule has 3 rings (SSSR count). The van der Waals surface area contributed by atoms with Gasteiger partial charge in [0.25, 0.3) is 0 Å². The smallest absolute Gasteiger partial charge is 0.177 e. The average Bonchev–Trinajstić information content (AvgIpc) is 2.41. The highest BCUT2D eigenvalue weighted by molar-refractivity contribution is 9.10. The molecule has 0 spiro atoms. The fraction of sp³-hybridized carbons (Fsp3) is 0.133. The van der Waals surface area contributed by atoms with E-state index in [4.69, 9.17) is 4.74 Å². The van der Waals surface area contributed by atoms with E-state index in [1.165, 1.54) is 0 Å². The van der Waals surface area contributed by atoms with Gasteiger partial charge in [0.1, 0.15) is 12.4 Å². The molecule has 2 nitrogen and oxygen atoms in total. The van der Waals surface area contributed by atoms with E-state index in [0.717, 1.165) is 10.0 Å². The number of hydrogen-bond donors (Lipinski definition) is 0. The van der Waals surface area contributed by atoms with Gasteiger partial charge < -0.3 is 4.74 Å². The van der Waals surface area contributed by atoms with Gasteiger partial charge in [0, 0.05) is 4.47 Å². The zero-order valence-electron chi connectivity index (χ0n) is 9.60. The third-order valence-corrected chi connectivity index (χ3v) is 3.68. The van der Waals surface area contributed by atoms with E-state index < -0.39 is 0 Å². The van der Waals surface area contributed by atoms with Gasteiger partial charge in [-0.25, -0.2) is 0 Å². The van der Waals surface area contributed by atoms with Crippen molar-refractivity contribution in [2.24, 2.45) is 0 Å². The summed E-state index contributed by atoms with van der Waals surface area (Å²) in [4.78, 5) is 12.4. The number of hydrogen-bond acceptors (Lipinski definition) is 2. The zero-order valence-corrected chi connectivity index (χ0v) is 11.2. The Hall–Kier alpha value is -1.61. The molecule has 0 fully saturated rings. The van der Waals surface area contributed by atoms with Crippen molar-refractivity contribution in [2.45, 2.75) is 5.92 Å². The molecule has 0 radical (unpaired) electrons. The second-order valence-electron chi connectivity index (χ2n) is 4.28. The third-order valence-electron chi connectivity index (χ3n) is 3.15. The Morgan fingerprint density at radius 1 is 1.06 bits per heavy atom. The largest absolute Gasteiger partial charge is 0.492 e.